The third kappa shape index (κ3) is 6.08. The SMILES string of the molecule is C[NH+]1CCCCC1CCCOC(=O)C(c1ccccc1)c1ccccc1.[Cl-]. The maximum Gasteiger partial charge on any atom is 0.317 e. The first-order chi connectivity index (χ1) is 12.8. The Labute approximate surface area is 169 Å². The summed E-state index contributed by atoms with van der Waals surface area (Å²) in [5.74, 6) is -0.493. The first-order valence-corrected chi connectivity index (χ1v) is 9.84. The van der Waals surface area contributed by atoms with Gasteiger partial charge in [0.05, 0.1) is 26.2 Å². The van der Waals surface area contributed by atoms with Crippen molar-refractivity contribution in [1.29, 1.82) is 0 Å². The Hall–Kier alpha value is -1.84. The van der Waals surface area contributed by atoms with E-state index in [1.807, 2.05) is 60.7 Å². The highest BCUT2D eigenvalue weighted by Gasteiger charge is 2.25. The number of benzene rings is 2. The van der Waals surface area contributed by atoms with E-state index in [4.69, 9.17) is 4.74 Å². The van der Waals surface area contributed by atoms with Crippen molar-refractivity contribution in [2.45, 2.75) is 44.1 Å². The fourth-order valence-corrected chi connectivity index (χ4v) is 3.98. The lowest BCUT2D eigenvalue weighted by molar-refractivity contribution is -0.911. The van der Waals surface area contributed by atoms with Crippen LogP contribution in [-0.4, -0.2) is 32.2 Å². The van der Waals surface area contributed by atoms with Gasteiger partial charge in [-0.15, -0.1) is 0 Å². The Morgan fingerprint density at radius 3 is 2.19 bits per heavy atom. The van der Waals surface area contributed by atoms with Gasteiger partial charge >= 0.3 is 5.97 Å². The van der Waals surface area contributed by atoms with Gasteiger partial charge in [-0.05, 0) is 36.8 Å². The van der Waals surface area contributed by atoms with E-state index >= 15 is 0 Å². The fourth-order valence-electron chi connectivity index (χ4n) is 3.98. The van der Waals surface area contributed by atoms with E-state index < -0.39 is 0 Å². The monoisotopic (exact) mass is 387 g/mol. The molecule has 1 heterocycles. The number of nitrogens with one attached hydrogen (secondary N) is 1. The third-order valence-electron chi connectivity index (χ3n) is 5.51. The van der Waals surface area contributed by atoms with Crippen molar-refractivity contribution < 1.29 is 26.8 Å². The molecule has 1 aliphatic rings. The van der Waals surface area contributed by atoms with Gasteiger partial charge in [0, 0.05) is 6.42 Å². The number of carbonyl (C=O) groups excluding carboxylic acids is 1. The summed E-state index contributed by atoms with van der Waals surface area (Å²) in [6.45, 7) is 1.79. The van der Waals surface area contributed by atoms with E-state index in [1.54, 1.807) is 4.90 Å². The minimum absolute atomic E-state index is 0. The number of ether oxygens (including phenoxy) is 1. The van der Waals surface area contributed by atoms with E-state index in [0.717, 1.165) is 30.0 Å². The number of rotatable bonds is 7. The van der Waals surface area contributed by atoms with E-state index in [0.29, 0.717) is 6.61 Å². The Morgan fingerprint density at radius 2 is 1.63 bits per heavy atom. The normalized spacial score (nSPS) is 19.3. The second-order valence-electron chi connectivity index (χ2n) is 7.35. The van der Waals surface area contributed by atoms with Crippen LogP contribution in [0.25, 0.3) is 0 Å². The van der Waals surface area contributed by atoms with Crippen molar-refractivity contribution in [3.05, 3.63) is 71.8 Å². The fraction of sp³-hybridized carbons (Fsp3) is 0.435. The molecule has 0 amide bonds. The van der Waals surface area contributed by atoms with Gasteiger partial charge in [-0.25, -0.2) is 0 Å². The van der Waals surface area contributed by atoms with Crippen molar-refractivity contribution in [2.75, 3.05) is 20.2 Å². The topological polar surface area (TPSA) is 30.7 Å². The Bertz CT molecular complexity index is 638. The number of hydrogen-bond donors (Lipinski definition) is 1. The molecule has 0 aliphatic carbocycles. The highest BCUT2D eigenvalue weighted by Crippen LogP contribution is 2.26. The molecular formula is C23H30ClNO2. The Morgan fingerprint density at radius 1 is 1.04 bits per heavy atom. The first kappa shape index (κ1) is 21.5. The van der Waals surface area contributed by atoms with Crippen LogP contribution in [0.3, 0.4) is 0 Å². The molecule has 27 heavy (non-hydrogen) atoms. The minimum atomic E-state index is -0.347. The molecule has 0 aromatic heterocycles. The van der Waals surface area contributed by atoms with Crippen LogP contribution in [0.2, 0.25) is 0 Å². The van der Waals surface area contributed by atoms with Gasteiger partial charge in [-0.3, -0.25) is 4.79 Å². The van der Waals surface area contributed by atoms with Crippen LogP contribution < -0.4 is 17.3 Å². The van der Waals surface area contributed by atoms with Crippen molar-refractivity contribution in [1.82, 2.24) is 0 Å². The van der Waals surface area contributed by atoms with Crippen molar-refractivity contribution >= 4 is 5.97 Å². The summed E-state index contributed by atoms with van der Waals surface area (Å²) >= 11 is 0. The van der Waals surface area contributed by atoms with Gasteiger partial charge in [0.2, 0.25) is 0 Å². The summed E-state index contributed by atoms with van der Waals surface area (Å²) < 4.78 is 5.69. The molecule has 2 aromatic carbocycles. The van der Waals surface area contributed by atoms with Crippen molar-refractivity contribution in [3.63, 3.8) is 0 Å². The molecule has 4 heteroatoms. The van der Waals surface area contributed by atoms with Crippen molar-refractivity contribution in [3.8, 4) is 0 Å². The van der Waals surface area contributed by atoms with E-state index in [-0.39, 0.29) is 24.3 Å². The largest absolute Gasteiger partial charge is 1.00 e. The van der Waals surface area contributed by atoms with Crippen molar-refractivity contribution in [2.24, 2.45) is 0 Å². The number of piperidine rings is 1. The standard InChI is InChI=1S/C23H29NO2.ClH/c1-24-17-9-8-15-21(24)16-10-18-26-23(25)22(19-11-4-2-5-12-19)20-13-6-3-7-14-20;/h2-7,11-14,21-22H,8-10,15-18H2,1H3;1H. The van der Waals surface area contributed by atoms with Crippen LogP contribution >= 0.6 is 0 Å². The number of halogens is 1. The molecule has 1 fully saturated rings. The summed E-state index contributed by atoms with van der Waals surface area (Å²) in [5, 5.41) is 0. The highest BCUT2D eigenvalue weighted by molar-refractivity contribution is 5.82. The molecule has 0 radical (unpaired) electrons. The third-order valence-corrected chi connectivity index (χ3v) is 5.51. The average Bonchev–Trinajstić information content (AvgIpc) is 2.68. The second-order valence-corrected chi connectivity index (χ2v) is 7.35. The number of esters is 1. The first-order valence-electron chi connectivity index (χ1n) is 9.84. The van der Waals surface area contributed by atoms with Gasteiger partial charge < -0.3 is 22.0 Å². The lowest BCUT2D eigenvalue weighted by Crippen LogP contribution is -3.13. The zero-order chi connectivity index (χ0) is 18.2. The highest BCUT2D eigenvalue weighted by atomic mass is 35.5. The van der Waals surface area contributed by atoms with E-state index in [9.17, 15) is 4.79 Å². The molecule has 1 saturated heterocycles. The second kappa shape index (κ2) is 11.1. The smallest absolute Gasteiger partial charge is 0.317 e. The molecule has 1 N–H and O–H groups in total. The molecule has 0 saturated carbocycles. The molecule has 1 aliphatic heterocycles. The lowest BCUT2D eigenvalue weighted by Gasteiger charge is -2.29. The lowest BCUT2D eigenvalue weighted by atomic mass is 9.91. The molecule has 0 bridgehead atoms. The van der Waals surface area contributed by atoms with Gasteiger partial charge in [-0.1, -0.05) is 60.7 Å². The number of carbonyl (C=O) groups is 1. The average molecular weight is 388 g/mol. The summed E-state index contributed by atoms with van der Waals surface area (Å²) in [5.41, 5.74) is 1.97. The van der Waals surface area contributed by atoms with Crippen LogP contribution in [0.5, 0.6) is 0 Å². The van der Waals surface area contributed by atoms with Gasteiger partial charge in [0.15, 0.2) is 0 Å². The van der Waals surface area contributed by atoms with Crippen LogP contribution in [0.1, 0.15) is 49.1 Å². The van der Waals surface area contributed by atoms with Crippen LogP contribution in [0.4, 0.5) is 0 Å². The summed E-state index contributed by atoms with van der Waals surface area (Å²) in [6.07, 6.45) is 6.07. The molecule has 2 aromatic rings. The molecule has 2 unspecified atom stereocenters. The summed E-state index contributed by atoms with van der Waals surface area (Å²) in [4.78, 5) is 14.5. The number of likely N-dealkylation sites (tertiary alicyclic amines) is 1. The number of hydrogen-bond acceptors (Lipinski definition) is 2. The summed E-state index contributed by atoms with van der Waals surface area (Å²) in [6, 6.07) is 20.6. The molecule has 146 valence electrons. The molecular weight excluding hydrogens is 358 g/mol. The molecule has 2 atom stereocenters. The molecule has 0 spiro atoms. The molecule has 3 nitrogen and oxygen atoms in total. The summed E-state index contributed by atoms with van der Waals surface area (Å²) in [7, 11) is 2.29. The zero-order valence-electron chi connectivity index (χ0n) is 16.1. The Kier molecular flexibility index (Phi) is 8.83. The van der Waals surface area contributed by atoms with Crippen LogP contribution in [-0.2, 0) is 9.53 Å². The van der Waals surface area contributed by atoms with E-state index in [2.05, 4.69) is 7.05 Å². The Balaban J connectivity index is 0.00000261. The van der Waals surface area contributed by atoms with Gasteiger partial charge in [0.25, 0.3) is 0 Å². The maximum absolute atomic E-state index is 12.8. The van der Waals surface area contributed by atoms with Crippen LogP contribution in [0.15, 0.2) is 60.7 Å². The predicted octanol–water partition coefficient (Wildman–Crippen LogP) is 0.213. The van der Waals surface area contributed by atoms with Crippen LogP contribution in [0, 0.1) is 0 Å². The van der Waals surface area contributed by atoms with Gasteiger partial charge in [0.1, 0.15) is 5.92 Å². The number of quaternary nitrogens is 1. The predicted molar refractivity (Wildman–Crippen MR) is 104 cm³/mol. The molecule has 3 rings (SSSR count). The minimum Gasteiger partial charge on any atom is -1.00 e. The zero-order valence-corrected chi connectivity index (χ0v) is 16.8. The quantitative estimate of drug-likeness (QED) is 0.544. The van der Waals surface area contributed by atoms with E-state index in [1.165, 1.54) is 25.8 Å². The van der Waals surface area contributed by atoms with Gasteiger partial charge in [-0.2, -0.15) is 0 Å². The maximum atomic E-state index is 12.8.